The molecule has 1 aliphatic rings. The topological polar surface area (TPSA) is 8.17 Å². The Morgan fingerprint density at radius 1 is 0.333 bits per heavy atom. The second-order valence-electron chi connectivity index (χ2n) is 18.8. The molecule has 2 heteroatoms. The first-order valence-electron chi connectivity index (χ1n) is 24.0. The zero-order chi connectivity index (χ0) is 46.1. The van der Waals surface area contributed by atoms with Gasteiger partial charge in [0.2, 0.25) is 0 Å². The van der Waals surface area contributed by atoms with E-state index in [0.29, 0.717) is 0 Å². The first kappa shape index (κ1) is 40.5. The predicted molar refractivity (Wildman–Crippen MR) is 292 cm³/mol. The number of nitrogens with zero attached hydrogens (tertiary/aromatic N) is 2. The van der Waals surface area contributed by atoms with Crippen LogP contribution in [-0.4, -0.2) is 4.57 Å². The SMILES string of the molecule is CC1(C)c2ccccc2-c2c(-c3ccccc3N(c3ccc(-c4ccccc4-n4c5ccccc5c5ccccc54)cc3)c3ccc(-c4cccc5cccc(-c6ccccc6)c45)cc3)cccc21. The van der Waals surface area contributed by atoms with Crippen molar-refractivity contribution in [2.75, 3.05) is 4.90 Å². The maximum atomic E-state index is 2.45. The Labute approximate surface area is 403 Å². The molecule has 0 bridgehead atoms. The molecule has 0 saturated carbocycles. The second kappa shape index (κ2) is 16.3. The zero-order valence-electron chi connectivity index (χ0n) is 38.6. The zero-order valence-corrected chi connectivity index (χ0v) is 38.6. The summed E-state index contributed by atoms with van der Waals surface area (Å²) in [4.78, 5) is 2.45. The standard InChI is InChI=1S/C67H48N2/c1-67(2)59-31-11-6-27-58(59)66-57(30-18-32-60(66)67)56-26-10-13-34-62(56)68(50-43-39-47(40-44-50)53-29-17-22-48-21-16-28-52(65(48)53)45-19-4-3-5-20-45)49-41-37-46(38-42-49)51-23-7-12-33-61(51)69-63-35-14-8-24-54(63)55-25-9-15-36-64(55)69/h3-44H,1-2H3. The number of hydrogen-bond acceptors (Lipinski definition) is 1. The van der Waals surface area contributed by atoms with E-state index in [1.165, 1.54) is 93.8 Å². The first-order valence-corrected chi connectivity index (χ1v) is 24.0. The quantitative estimate of drug-likeness (QED) is 0.148. The fraction of sp³-hybridized carbons (Fsp3) is 0.0448. The molecule has 0 aliphatic heterocycles. The van der Waals surface area contributed by atoms with Gasteiger partial charge in [0.05, 0.1) is 22.4 Å². The van der Waals surface area contributed by atoms with Gasteiger partial charge in [-0.1, -0.05) is 220 Å². The Morgan fingerprint density at radius 2 is 0.797 bits per heavy atom. The number of anilines is 3. The lowest BCUT2D eigenvalue weighted by Crippen LogP contribution is -2.14. The maximum Gasteiger partial charge on any atom is 0.0541 e. The van der Waals surface area contributed by atoms with E-state index in [4.69, 9.17) is 0 Å². The molecular weight excluding hydrogens is 833 g/mol. The third-order valence-electron chi connectivity index (χ3n) is 14.6. The van der Waals surface area contributed by atoms with Crippen LogP contribution >= 0.6 is 0 Å². The number of para-hydroxylation sites is 4. The Morgan fingerprint density at radius 3 is 1.46 bits per heavy atom. The fourth-order valence-electron chi connectivity index (χ4n) is 11.4. The molecule has 2 nitrogen and oxygen atoms in total. The number of hydrogen-bond donors (Lipinski definition) is 0. The molecule has 12 aromatic rings. The minimum absolute atomic E-state index is 0.111. The summed E-state index contributed by atoms with van der Waals surface area (Å²) in [5.41, 5.74) is 21.7. The van der Waals surface area contributed by atoms with Crippen molar-refractivity contribution in [3.8, 4) is 61.3 Å². The smallest absolute Gasteiger partial charge is 0.0541 e. The molecule has 1 aliphatic carbocycles. The minimum atomic E-state index is -0.111. The highest BCUT2D eigenvalue weighted by atomic mass is 15.1. The molecular formula is C67H48N2. The molecule has 69 heavy (non-hydrogen) atoms. The third-order valence-corrected chi connectivity index (χ3v) is 14.6. The highest BCUT2D eigenvalue weighted by molar-refractivity contribution is 6.10. The lowest BCUT2D eigenvalue weighted by Gasteiger charge is -2.29. The van der Waals surface area contributed by atoms with Crippen molar-refractivity contribution in [3.05, 3.63) is 266 Å². The van der Waals surface area contributed by atoms with E-state index in [0.717, 1.165) is 28.3 Å². The van der Waals surface area contributed by atoms with E-state index < -0.39 is 0 Å². The molecule has 0 atom stereocenters. The summed E-state index contributed by atoms with van der Waals surface area (Å²) in [6.07, 6.45) is 0. The summed E-state index contributed by atoms with van der Waals surface area (Å²) in [5, 5.41) is 5.01. The van der Waals surface area contributed by atoms with Gasteiger partial charge in [-0.25, -0.2) is 0 Å². The van der Waals surface area contributed by atoms with Gasteiger partial charge in [0.25, 0.3) is 0 Å². The van der Waals surface area contributed by atoms with Crippen LogP contribution in [0.15, 0.2) is 255 Å². The molecule has 13 rings (SSSR count). The second-order valence-corrected chi connectivity index (χ2v) is 18.8. The van der Waals surface area contributed by atoms with Crippen LogP contribution in [0.5, 0.6) is 0 Å². The summed E-state index contributed by atoms with van der Waals surface area (Å²) in [6, 6.07) is 93.6. The number of aromatic nitrogens is 1. The number of benzene rings is 11. The fourth-order valence-corrected chi connectivity index (χ4v) is 11.4. The van der Waals surface area contributed by atoms with E-state index in [-0.39, 0.29) is 5.41 Å². The van der Waals surface area contributed by atoms with Gasteiger partial charge in [-0.05, 0) is 115 Å². The lowest BCUT2D eigenvalue weighted by molar-refractivity contribution is 0.660. The van der Waals surface area contributed by atoms with Crippen LogP contribution in [0.25, 0.3) is 93.9 Å². The van der Waals surface area contributed by atoms with Crippen molar-refractivity contribution in [1.82, 2.24) is 4.57 Å². The van der Waals surface area contributed by atoms with Crippen molar-refractivity contribution in [2.24, 2.45) is 0 Å². The first-order chi connectivity index (χ1) is 34.0. The van der Waals surface area contributed by atoms with E-state index in [9.17, 15) is 0 Å². The molecule has 1 heterocycles. The largest absolute Gasteiger partial charge is 0.310 e. The average Bonchev–Trinajstić information content (AvgIpc) is 3.87. The number of fused-ring (bicyclic) bond motifs is 7. The van der Waals surface area contributed by atoms with Gasteiger partial charge in [0, 0.05) is 38.7 Å². The average molecular weight is 881 g/mol. The van der Waals surface area contributed by atoms with Gasteiger partial charge in [0.15, 0.2) is 0 Å². The lowest BCUT2D eigenvalue weighted by atomic mass is 9.82. The van der Waals surface area contributed by atoms with Crippen LogP contribution in [-0.2, 0) is 5.41 Å². The molecule has 0 fully saturated rings. The molecule has 0 amide bonds. The maximum absolute atomic E-state index is 2.45. The van der Waals surface area contributed by atoms with E-state index in [2.05, 4.69) is 278 Å². The highest BCUT2D eigenvalue weighted by Crippen LogP contribution is 2.54. The molecule has 1 aromatic heterocycles. The summed E-state index contributed by atoms with van der Waals surface area (Å²) < 4.78 is 2.43. The predicted octanol–water partition coefficient (Wildman–Crippen LogP) is 18.4. The van der Waals surface area contributed by atoms with Crippen LogP contribution in [0, 0.1) is 0 Å². The minimum Gasteiger partial charge on any atom is -0.310 e. The van der Waals surface area contributed by atoms with Crippen LogP contribution in [0.1, 0.15) is 25.0 Å². The monoisotopic (exact) mass is 880 g/mol. The van der Waals surface area contributed by atoms with Crippen molar-refractivity contribution in [3.63, 3.8) is 0 Å². The Balaban J connectivity index is 0.975. The van der Waals surface area contributed by atoms with Crippen molar-refractivity contribution in [2.45, 2.75) is 19.3 Å². The normalized spacial score (nSPS) is 12.6. The molecule has 0 spiro atoms. The van der Waals surface area contributed by atoms with Crippen LogP contribution < -0.4 is 4.90 Å². The Bertz CT molecular complexity index is 3850. The summed E-state index contributed by atoms with van der Waals surface area (Å²) in [5.74, 6) is 0. The van der Waals surface area contributed by atoms with Crippen molar-refractivity contribution >= 4 is 49.6 Å². The molecule has 0 unspecified atom stereocenters. The van der Waals surface area contributed by atoms with Gasteiger partial charge in [-0.2, -0.15) is 0 Å². The van der Waals surface area contributed by atoms with Gasteiger partial charge >= 0.3 is 0 Å². The third kappa shape index (κ3) is 6.55. The van der Waals surface area contributed by atoms with Gasteiger partial charge < -0.3 is 9.47 Å². The summed E-state index contributed by atoms with van der Waals surface area (Å²) in [6.45, 7) is 4.72. The summed E-state index contributed by atoms with van der Waals surface area (Å²) >= 11 is 0. The van der Waals surface area contributed by atoms with Crippen molar-refractivity contribution in [1.29, 1.82) is 0 Å². The number of rotatable bonds is 8. The molecule has 326 valence electrons. The Kier molecular flexibility index (Phi) is 9.55. The van der Waals surface area contributed by atoms with Crippen LogP contribution in [0.4, 0.5) is 17.1 Å². The van der Waals surface area contributed by atoms with E-state index >= 15 is 0 Å². The highest BCUT2D eigenvalue weighted by Gasteiger charge is 2.37. The molecule has 11 aromatic carbocycles. The van der Waals surface area contributed by atoms with E-state index in [1.54, 1.807) is 0 Å². The van der Waals surface area contributed by atoms with Gasteiger partial charge in [-0.3, -0.25) is 0 Å². The Hall–Kier alpha value is -8.72. The van der Waals surface area contributed by atoms with Crippen molar-refractivity contribution < 1.29 is 0 Å². The van der Waals surface area contributed by atoms with Gasteiger partial charge in [0.1, 0.15) is 0 Å². The van der Waals surface area contributed by atoms with Crippen LogP contribution in [0.2, 0.25) is 0 Å². The van der Waals surface area contributed by atoms with Gasteiger partial charge in [-0.15, -0.1) is 0 Å². The van der Waals surface area contributed by atoms with E-state index in [1.807, 2.05) is 0 Å². The molecule has 0 radical (unpaired) electrons. The molecule has 0 N–H and O–H groups in total. The summed E-state index contributed by atoms with van der Waals surface area (Å²) in [7, 11) is 0. The van der Waals surface area contributed by atoms with Crippen LogP contribution in [0.3, 0.4) is 0 Å². The molecule has 0 saturated heterocycles.